The molecule has 0 aromatic heterocycles. The molecular formula is C16H22FN3O2. The van der Waals surface area contributed by atoms with Crippen molar-refractivity contribution < 1.29 is 13.9 Å². The number of nitrogens with zero attached hydrogens (tertiary/aromatic N) is 2. The van der Waals surface area contributed by atoms with Gasteiger partial charge >= 0.3 is 5.97 Å². The number of likely N-dealkylation sites (tertiary alicyclic amines) is 1. The second-order valence-electron chi connectivity index (χ2n) is 5.50. The van der Waals surface area contributed by atoms with Crippen LogP contribution in [0.25, 0.3) is 0 Å². The Kier molecular flexibility index (Phi) is 5.35. The minimum atomic E-state index is -0.243. The quantitative estimate of drug-likeness (QED) is 0.524. The molecule has 6 heteroatoms. The monoisotopic (exact) mass is 307 g/mol. The van der Waals surface area contributed by atoms with E-state index >= 15 is 0 Å². The zero-order chi connectivity index (χ0) is 16.1. The van der Waals surface area contributed by atoms with Crippen molar-refractivity contribution in [2.24, 2.45) is 16.8 Å². The number of esters is 1. The topological polar surface area (TPSA) is 53.9 Å². The maximum absolute atomic E-state index is 13.6. The van der Waals surface area contributed by atoms with E-state index in [0.29, 0.717) is 24.6 Å². The van der Waals surface area contributed by atoms with Crippen LogP contribution in [0, 0.1) is 17.7 Å². The molecule has 1 aliphatic rings. The van der Waals surface area contributed by atoms with Crippen LogP contribution >= 0.6 is 0 Å². The number of hydrogen-bond acceptors (Lipinski definition) is 3. The van der Waals surface area contributed by atoms with Gasteiger partial charge < -0.3 is 15.0 Å². The molecule has 1 fully saturated rings. The third-order valence-electron chi connectivity index (χ3n) is 4.02. The maximum Gasteiger partial charge on any atom is 0.310 e. The zero-order valence-corrected chi connectivity index (χ0v) is 13.2. The summed E-state index contributed by atoms with van der Waals surface area (Å²) in [5.74, 6) is 0.269. The molecule has 120 valence electrons. The Hall–Kier alpha value is -2.11. The molecule has 0 bridgehead atoms. The van der Waals surface area contributed by atoms with Crippen molar-refractivity contribution in [3.8, 4) is 0 Å². The molecule has 1 saturated heterocycles. The Balaban J connectivity index is 1.99. The molecule has 5 nitrogen and oxygen atoms in total. The van der Waals surface area contributed by atoms with Crippen LogP contribution in [0.3, 0.4) is 0 Å². The van der Waals surface area contributed by atoms with Gasteiger partial charge in [0.2, 0.25) is 0 Å². The molecule has 1 heterocycles. The number of methoxy groups -OCH3 is 1. The lowest BCUT2D eigenvalue weighted by Crippen LogP contribution is -2.40. The molecule has 22 heavy (non-hydrogen) atoms. The van der Waals surface area contributed by atoms with Gasteiger partial charge in [-0.3, -0.25) is 9.79 Å². The van der Waals surface area contributed by atoms with Crippen molar-refractivity contribution in [3.63, 3.8) is 0 Å². The van der Waals surface area contributed by atoms with Crippen LogP contribution in [0.5, 0.6) is 0 Å². The van der Waals surface area contributed by atoms with E-state index < -0.39 is 0 Å². The van der Waals surface area contributed by atoms with Gasteiger partial charge in [0.05, 0.1) is 13.0 Å². The Labute approximate surface area is 130 Å². The van der Waals surface area contributed by atoms with Gasteiger partial charge in [-0.2, -0.15) is 0 Å². The molecule has 2 unspecified atom stereocenters. The number of nitrogens with one attached hydrogen (secondary N) is 1. The summed E-state index contributed by atoms with van der Waals surface area (Å²) < 4.78 is 18.5. The summed E-state index contributed by atoms with van der Waals surface area (Å²) in [4.78, 5) is 18.0. The number of benzene rings is 1. The van der Waals surface area contributed by atoms with Crippen LogP contribution in [-0.4, -0.2) is 44.1 Å². The van der Waals surface area contributed by atoms with Gasteiger partial charge in [0, 0.05) is 32.2 Å². The van der Waals surface area contributed by atoms with E-state index in [1.807, 2.05) is 11.8 Å². The van der Waals surface area contributed by atoms with E-state index in [-0.39, 0.29) is 23.6 Å². The smallest absolute Gasteiger partial charge is 0.310 e. The molecule has 0 radical (unpaired) electrons. The van der Waals surface area contributed by atoms with Gasteiger partial charge in [0.1, 0.15) is 5.82 Å². The second-order valence-corrected chi connectivity index (χ2v) is 5.50. The molecule has 2 rings (SSSR count). The normalized spacial score (nSPS) is 21.8. The highest BCUT2D eigenvalue weighted by Crippen LogP contribution is 2.24. The minimum absolute atomic E-state index is 0.156. The molecule has 0 aliphatic carbocycles. The maximum atomic E-state index is 13.6. The highest BCUT2D eigenvalue weighted by molar-refractivity contribution is 5.82. The predicted octanol–water partition coefficient (Wildman–Crippen LogP) is 1.64. The number of hydrogen-bond donors (Lipinski definition) is 1. The second kappa shape index (κ2) is 7.24. The van der Waals surface area contributed by atoms with Crippen LogP contribution in [0.1, 0.15) is 12.5 Å². The van der Waals surface area contributed by atoms with Gasteiger partial charge in [-0.25, -0.2) is 4.39 Å². The lowest BCUT2D eigenvalue weighted by Gasteiger charge is -2.21. The first kappa shape index (κ1) is 16.3. The molecule has 1 aliphatic heterocycles. The average Bonchev–Trinajstić information content (AvgIpc) is 2.90. The fourth-order valence-corrected chi connectivity index (χ4v) is 2.75. The van der Waals surface area contributed by atoms with Gasteiger partial charge in [0.25, 0.3) is 0 Å². The molecule has 1 aromatic carbocycles. The van der Waals surface area contributed by atoms with E-state index in [4.69, 9.17) is 4.74 Å². The predicted molar refractivity (Wildman–Crippen MR) is 82.8 cm³/mol. The first-order valence-electron chi connectivity index (χ1n) is 7.33. The Morgan fingerprint density at radius 1 is 1.45 bits per heavy atom. The molecule has 1 N–H and O–H groups in total. The molecule has 1 aromatic rings. The molecular weight excluding hydrogens is 285 g/mol. The van der Waals surface area contributed by atoms with Gasteiger partial charge in [-0.05, 0) is 12.0 Å². The summed E-state index contributed by atoms with van der Waals surface area (Å²) in [5.41, 5.74) is 0.584. The van der Waals surface area contributed by atoms with Crippen LogP contribution in [-0.2, 0) is 16.1 Å². The van der Waals surface area contributed by atoms with Crippen molar-refractivity contribution in [2.45, 2.75) is 13.5 Å². The van der Waals surface area contributed by atoms with Crippen molar-refractivity contribution in [1.82, 2.24) is 10.2 Å². The van der Waals surface area contributed by atoms with Crippen molar-refractivity contribution in [2.75, 3.05) is 27.2 Å². The van der Waals surface area contributed by atoms with Crippen molar-refractivity contribution >= 4 is 11.9 Å². The number of rotatable bonds is 3. The number of aliphatic imine (C=N–C) groups is 1. The molecule has 0 amide bonds. The Bertz CT molecular complexity index is 562. The van der Waals surface area contributed by atoms with Gasteiger partial charge in [-0.1, -0.05) is 25.1 Å². The molecule has 0 spiro atoms. The first-order valence-corrected chi connectivity index (χ1v) is 7.33. The lowest BCUT2D eigenvalue weighted by atomic mass is 9.99. The van der Waals surface area contributed by atoms with E-state index in [0.717, 1.165) is 6.54 Å². The standard InChI is InChI=1S/C16H22FN3O2/c1-11-9-20(10-13(11)15(21)22-3)16(18-2)19-8-12-6-4-5-7-14(12)17/h4-7,11,13H,8-10H2,1-3H3,(H,18,19). The van der Waals surface area contributed by atoms with Crippen LogP contribution in [0.2, 0.25) is 0 Å². The van der Waals surface area contributed by atoms with Crippen LogP contribution < -0.4 is 5.32 Å². The van der Waals surface area contributed by atoms with E-state index in [2.05, 4.69) is 10.3 Å². The fourth-order valence-electron chi connectivity index (χ4n) is 2.75. The third kappa shape index (κ3) is 3.55. The highest BCUT2D eigenvalue weighted by Gasteiger charge is 2.36. The van der Waals surface area contributed by atoms with Gasteiger partial charge in [-0.15, -0.1) is 0 Å². The number of halogens is 1. The number of carbonyl (C=O) groups excluding carboxylic acids is 1. The van der Waals surface area contributed by atoms with Crippen LogP contribution in [0.4, 0.5) is 4.39 Å². The SMILES string of the molecule is CN=C(NCc1ccccc1F)N1CC(C)C(C(=O)OC)C1. The van der Waals surface area contributed by atoms with Crippen LogP contribution in [0.15, 0.2) is 29.3 Å². The molecule has 2 atom stereocenters. The number of carbonyl (C=O) groups is 1. The summed E-state index contributed by atoms with van der Waals surface area (Å²) in [6.07, 6.45) is 0. The Morgan fingerprint density at radius 3 is 2.82 bits per heavy atom. The highest BCUT2D eigenvalue weighted by atomic mass is 19.1. The summed E-state index contributed by atoms with van der Waals surface area (Å²) in [5, 5.41) is 3.15. The summed E-state index contributed by atoms with van der Waals surface area (Å²) in [7, 11) is 3.09. The lowest BCUT2D eigenvalue weighted by molar-refractivity contribution is -0.145. The van der Waals surface area contributed by atoms with Gasteiger partial charge in [0.15, 0.2) is 5.96 Å². The van der Waals surface area contributed by atoms with Crippen molar-refractivity contribution in [3.05, 3.63) is 35.6 Å². The number of ether oxygens (including phenoxy) is 1. The Morgan fingerprint density at radius 2 is 2.18 bits per heavy atom. The summed E-state index contributed by atoms with van der Waals surface area (Å²) in [6, 6.07) is 6.63. The van der Waals surface area contributed by atoms with Crippen molar-refractivity contribution in [1.29, 1.82) is 0 Å². The number of guanidine groups is 1. The summed E-state index contributed by atoms with van der Waals surface area (Å²) in [6.45, 7) is 3.65. The third-order valence-corrected chi connectivity index (χ3v) is 4.02. The minimum Gasteiger partial charge on any atom is -0.469 e. The first-order chi connectivity index (χ1) is 10.6. The van der Waals surface area contributed by atoms with E-state index in [9.17, 15) is 9.18 Å². The molecule has 0 saturated carbocycles. The van der Waals surface area contributed by atoms with E-state index in [1.165, 1.54) is 13.2 Å². The van der Waals surface area contributed by atoms with E-state index in [1.54, 1.807) is 25.2 Å². The largest absolute Gasteiger partial charge is 0.469 e. The zero-order valence-electron chi connectivity index (χ0n) is 13.2. The average molecular weight is 307 g/mol. The summed E-state index contributed by atoms with van der Waals surface area (Å²) >= 11 is 0. The fraction of sp³-hybridized carbons (Fsp3) is 0.500.